The summed E-state index contributed by atoms with van der Waals surface area (Å²) in [6, 6.07) is 18.8. The highest BCUT2D eigenvalue weighted by atomic mass is 79.9. The largest absolute Gasteiger partial charge is 0.493 e. The third-order valence-corrected chi connectivity index (χ3v) is 5.34. The molecule has 0 aliphatic carbocycles. The molecule has 0 saturated heterocycles. The molecule has 0 amide bonds. The molecule has 0 spiro atoms. The fourth-order valence-electron chi connectivity index (χ4n) is 2.77. The normalized spacial score (nSPS) is 11.0. The van der Waals surface area contributed by atoms with Crippen molar-refractivity contribution in [2.75, 3.05) is 7.11 Å². The van der Waals surface area contributed by atoms with Crippen LogP contribution in [0.3, 0.4) is 0 Å². The maximum Gasteiger partial charge on any atom is 0.269 e. The zero-order valence-corrected chi connectivity index (χ0v) is 18.7. The molecule has 8 heteroatoms. The Morgan fingerprint density at radius 1 is 1.16 bits per heavy atom. The van der Waals surface area contributed by atoms with Crippen molar-refractivity contribution in [1.29, 1.82) is 5.26 Å². The number of ether oxygens (including phenoxy) is 2. The Hall–Kier alpha value is -3.34. The number of hydrogen-bond acceptors (Lipinski definition) is 5. The minimum Gasteiger partial charge on any atom is -0.493 e. The van der Waals surface area contributed by atoms with Crippen LogP contribution in [0.5, 0.6) is 11.5 Å². The van der Waals surface area contributed by atoms with Crippen LogP contribution in [0.15, 0.2) is 65.1 Å². The van der Waals surface area contributed by atoms with Crippen molar-refractivity contribution in [2.45, 2.75) is 6.61 Å². The molecule has 6 nitrogen and oxygen atoms in total. The molecule has 0 heterocycles. The minimum atomic E-state index is -0.482. The molecule has 0 radical (unpaired) electrons. The van der Waals surface area contributed by atoms with Gasteiger partial charge in [-0.15, -0.1) is 0 Å². The summed E-state index contributed by atoms with van der Waals surface area (Å²) in [5, 5.41) is 21.1. The van der Waals surface area contributed by atoms with E-state index in [-0.39, 0.29) is 5.69 Å². The summed E-state index contributed by atoms with van der Waals surface area (Å²) in [5.74, 6) is 1.04. The van der Waals surface area contributed by atoms with Gasteiger partial charge in [-0.2, -0.15) is 5.26 Å². The van der Waals surface area contributed by atoms with E-state index in [1.165, 1.54) is 19.2 Å². The lowest BCUT2D eigenvalue weighted by Gasteiger charge is -2.13. The first-order chi connectivity index (χ1) is 14.9. The van der Waals surface area contributed by atoms with E-state index >= 15 is 0 Å². The van der Waals surface area contributed by atoms with Crippen molar-refractivity contribution in [3.8, 4) is 17.6 Å². The third kappa shape index (κ3) is 5.63. The van der Waals surface area contributed by atoms with Crippen LogP contribution >= 0.6 is 27.5 Å². The molecular weight excluding hydrogens is 484 g/mol. The highest BCUT2D eigenvalue weighted by molar-refractivity contribution is 9.10. The number of halogens is 2. The van der Waals surface area contributed by atoms with Gasteiger partial charge in [-0.25, -0.2) is 0 Å². The summed E-state index contributed by atoms with van der Waals surface area (Å²) in [7, 11) is 1.54. The van der Waals surface area contributed by atoms with Crippen molar-refractivity contribution < 1.29 is 14.4 Å². The molecule has 0 bridgehead atoms. The highest BCUT2D eigenvalue weighted by Gasteiger charge is 2.12. The monoisotopic (exact) mass is 498 g/mol. The zero-order valence-electron chi connectivity index (χ0n) is 16.3. The second-order valence-electron chi connectivity index (χ2n) is 6.41. The van der Waals surface area contributed by atoms with Crippen molar-refractivity contribution in [2.24, 2.45) is 0 Å². The number of nitriles is 1. The molecule has 0 aliphatic rings. The van der Waals surface area contributed by atoms with E-state index in [0.29, 0.717) is 44.3 Å². The van der Waals surface area contributed by atoms with Crippen LogP contribution in [-0.2, 0) is 6.61 Å². The van der Waals surface area contributed by atoms with Gasteiger partial charge in [0.15, 0.2) is 11.5 Å². The standard InChI is InChI=1S/C23H16BrClN2O4/c1-30-22-11-17(10-18(13-26)16-4-8-20(9-5-16)27(28)29)21(24)12-23(22)31-14-15-2-6-19(25)7-3-15/h2-12H,14H2,1H3/b18-10-. The molecule has 156 valence electrons. The number of allylic oxidation sites excluding steroid dienone is 1. The molecule has 31 heavy (non-hydrogen) atoms. The highest BCUT2D eigenvalue weighted by Crippen LogP contribution is 2.36. The minimum absolute atomic E-state index is 0.0360. The van der Waals surface area contributed by atoms with Crippen LogP contribution in [0.2, 0.25) is 5.02 Å². The van der Waals surface area contributed by atoms with E-state index in [0.717, 1.165) is 5.56 Å². The Balaban J connectivity index is 1.87. The fourth-order valence-corrected chi connectivity index (χ4v) is 3.34. The molecule has 0 saturated carbocycles. The van der Waals surface area contributed by atoms with Crippen LogP contribution in [-0.4, -0.2) is 12.0 Å². The molecule has 3 rings (SSSR count). The average molecular weight is 500 g/mol. The van der Waals surface area contributed by atoms with Crippen molar-refractivity contribution in [3.05, 3.63) is 97.0 Å². The second kappa shape index (κ2) is 10.1. The molecule has 0 aliphatic heterocycles. The lowest BCUT2D eigenvalue weighted by atomic mass is 10.0. The van der Waals surface area contributed by atoms with Crippen molar-refractivity contribution in [1.82, 2.24) is 0 Å². The van der Waals surface area contributed by atoms with Crippen molar-refractivity contribution in [3.63, 3.8) is 0 Å². The van der Waals surface area contributed by atoms with Gasteiger partial charge in [0.05, 0.1) is 23.7 Å². The van der Waals surface area contributed by atoms with Gasteiger partial charge >= 0.3 is 0 Å². The summed E-state index contributed by atoms with van der Waals surface area (Å²) in [6.45, 7) is 0.335. The van der Waals surface area contributed by atoms with Gasteiger partial charge in [0, 0.05) is 21.6 Å². The number of nitro benzene ring substituents is 1. The maximum atomic E-state index is 10.8. The zero-order chi connectivity index (χ0) is 22.4. The Morgan fingerprint density at radius 3 is 2.42 bits per heavy atom. The first kappa shape index (κ1) is 22.3. The van der Waals surface area contributed by atoms with Gasteiger partial charge in [-0.1, -0.05) is 39.7 Å². The number of rotatable bonds is 7. The Bertz CT molecular complexity index is 1170. The van der Waals surface area contributed by atoms with Crippen LogP contribution in [0.4, 0.5) is 5.69 Å². The summed E-state index contributed by atoms with van der Waals surface area (Å²) < 4.78 is 12.1. The smallest absolute Gasteiger partial charge is 0.269 e. The number of nitro groups is 1. The van der Waals surface area contributed by atoms with E-state index in [9.17, 15) is 15.4 Å². The van der Waals surface area contributed by atoms with Gasteiger partial charge in [0.1, 0.15) is 6.61 Å². The number of benzene rings is 3. The van der Waals surface area contributed by atoms with E-state index in [2.05, 4.69) is 22.0 Å². The van der Waals surface area contributed by atoms with E-state index < -0.39 is 4.92 Å². The van der Waals surface area contributed by atoms with Crippen LogP contribution in [0.1, 0.15) is 16.7 Å². The lowest BCUT2D eigenvalue weighted by Crippen LogP contribution is -1.98. The Kier molecular flexibility index (Phi) is 7.29. The summed E-state index contributed by atoms with van der Waals surface area (Å²) >= 11 is 9.42. The molecule has 0 N–H and O–H groups in total. The number of hydrogen-bond donors (Lipinski definition) is 0. The first-order valence-electron chi connectivity index (χ1n) is 9.02. The van der Waals surface area contributed by atoms with Crippen LogP contribution in [0, 0.1) is 21.4 Å². The number of nitrogens with zero attached hydrogens (tertiary/aromatic N) is 2. The number of non-ortho nitro benzene ring substituents is 1. The number of methoxy groups -OCH3 is 1. The summed E-state index contributed by atoms with van der Waals surface area (Å²) in [4.78, 5) is 10.4. The quantitative estimate of drug-likeness (QED) is 0.157. The van der Waals surface area contributed by atoms with Crippen molar-refractivity contribution >= 4 is 44.9 Å². The predicted octanol–water partition coefficient (Wildman–Crippen LogP) is 6.66. The second-order valence-corrected chi connectivity index (χ2v) is 7.70. The third-order valence-electron chi connectivity index (χ3n) is 4.40. The molecule has 3 aromatic rings. The molecular formula is C23H16BrClN2O4. The van der Waals surface area contributed by atoms with Gasteiger partial charge < -0.3 is 9.47 Å². The Morgan fingerprint density at radius 2 is 1.84 bits per heavy atom. The molecule has 0 unspecified atom stereocenters. The SMILES string of the molecule is COc1cc(/C=C(/C#N)c2ccc([N+](=O)[O-])cc2)c(Br)cc1OCc1ccc(Cl)cc1. The van der Waals surface area contributed by atoms with Gasteiger partial charge in [-0.3, -0.25) is 10.1 Å². The van der Waals surface area contributed by atoms with Crippen LogP contribution < -0.4 is 9.47 Å². The predicted molar refractivity (Wildman–Crippen MR) is 123 cm³/mol. The topological polar surface area (TPSA) is 85.4 Å². The van der Waals surface area contributed by atoms with E-state index in [4.69, 9.17) is 21.1 Å². The lowest BCUT2D eigenvalue weighted by molar-refractivity contribution is -0.384. The summed E-state index contributed by atoms with van der Waals surface area (Å²) in [6.07, 6.45) is 1.68. The average Bonchev–Trinajstić information content (AvgIpc) is 2.78. The van der Waals surface area contributed by atoms with Crippen LogP contribution in [0.25, 0.3) is 11.6 Å². The molecule has 0 atom stereocenters. The Labute approximate surface area is 192 Å². The first-order valence-corrected chi connectivity index (χ1v) is 10.2. The molecule has 0 fully saturated rings. The fraction of sp³-hybridized carbons (Fsp3) is 0.0870. The summed E-state index contributed by atoms with van der Waals surface area (Å²) in [5.41, 5.74) is 2.54. The molecule has 0 aromatic heterocycles. The maximum absolute atomic E-state index is 10.8. The van der Waals surface area contributed by atoms with E-state index in [1.807, 2.05) is 12.1 Å². The van der Waals surface area contributed by atoms with Gasteiger partial charge in [-0.05, 0) is 59.2 Å². The van der Waals surface area contributed by atoms with Gasteiger partial charge in [0.25, 0.3) is 5.69 Å². The van der Waals surface area contributed by atoms with Gasteiger partial charge in [0.2, 0.25) is 0 Å². The molecule has 3 aromatic carbocycles. The van der Waals surface area contributed by atoms with E-state index in [1.54, 1.807) is 42.5 Å².